The Kier molecular flexibility index (Phi) is 4.95. The van der Waals surface area contributed by atoms with Crippen LogP contribution in [0.3, 0.4) is 0 Å². The molecule has 1 aromatic rings. The molecule has 1 aliphatic heterocycles. The van der Waals surface area contributed by atoms with E-state index in [0.717, 1.165) is 0 Å². The summed E-state index contributed by atoms with van der Waals surface area (Å²) in [4.78, 5) is 37.0. The Morgan fingerprint density at radius 1 is 1.32 bits per heavy atom. The third-order valence-corrected chi connectivity index (χ3v) is 3.81. The summed E-state index contributed by atoms with van der Waals surface area (Å²) >= 11 is 0. The summed E-state index contributed by atoms with van der Waals surface area (Å²) in [6.45, 7) is 5.41. The molecule has 7 nitrogen and oxygen atoms in total. The standard InChI is InChI=1S/C15H22N4O3/c1-10(2)9-19-13(20)4-3-12(17-19)15(22)18-7-5-11(6-8-18)14(16)21/h3-4,10-11H,5-9H2,1-2H3,(H2,16,21). The third kappa shape index (κ3) is 3.72. The Balaban J connectivity index is 2.10. The molecule has 0 atom stereocenters. The van der Waals surface area contributed by atoms with E-state index in [1.165, 1.54) is 16.8 Å². The van der Waals surface area contributed by atoms with Crippen LogP contribution in [0.1, 0.15) is 37.2 Å². The lowest BCUT2D eigenvalue weighted by molar-refractivity contribution is -0.123. The number of primary amides is 1. The first kappa shape index (κ1) is 16.2. The van der Waals surface area contributed by atoms with Crippen molar-refractivity contribution < 1.29 is 9.59 Å². The Labute approximate surface area is 129 Å². The van der Waals surface area contributed by atoms with E-state index < -0.39 is 0 Å². The molecule has 2 N–H and O–H groups in total. The lowest BCUT2D eigenvalue weighted by Crippen LogP contribution is -2.42. The zero-order chi connectivity index (χ0) is 16.3. The van der Waals surface area contributed by atoms with E-state index in [1.807, 2.05) is 13.8 Å². The number of likely N-dealkylation sites (tertiary alicyclic amines) is 1. The maximum Gasteiger partial charge on any atom is 0.274 e. The van der Waals surface area contributed by atoms with Gasteiger partial charge in [0.05, 0.1) is 0 Å². The van der Waals surface area contributed by atoms with Crippen LogP contribution in [0.4, 0.5) is 0 Å². The van der Waals surface area contributed by atoms with Crippen LogP contribution in [0.5, 0.6) is 0 Å². The Bertz CT molecular complexity index is 615. The molecule has 0 unspecified atom stereocenters. The maximum atomic E-state index is 12.5. The number of carbonyl (C=O) groups is 2. The van der Waals surface area contributed by atoms with Crippen LogP contribution in [0.25, 0.3) is 0 Å². The lowest BCUT2D eigenvalue weighted by Gasteiger charge is -2.30. The van der Waals surface area contributed by atoms with E-state index in [-0.39, 0.29) is 34.9 Å². The molecule has 1 aliphatic rings. The van der Waals surface area contributed by atoms with Gasteiger partial charge in [-0.15, -0.1) is 0 Å². The van der Waals surface area contributed by atoms with Crippen molar-refractivity contribution in [2.75, 3.05) is 13.1 Å². The van der Waals surface area contributed by atoms with Gasteiger partial charge in [0, 0.05) is 31.6 Å². The van der Waals surface area contributed by atoms with E-state index in [1.54, 1.807) is 4.90 Å². The van der Waals surface area contributed by atoms with Crippen molar-refractivity contribution in [2.24, 2.45) is 17.6 Å². The quantitative estimate of drug-likeness (QED) is 0.861. The van der Waals surface area contributed by atoms with Crippen molar-refractivity contribution in [1.29, 1.82) is 0 Å². The molecule has 2 heterocycles. The molecule has 0 radical (unpaired) electrons. The monoisotopic (exact) mass is 306 g/mol. The van der Waals surface area contributed by atoms with Gasteiger partial charge in [0.15, 0.2) is 0 Å². The van der Waals surface area contributed by atoms with E-state index in [9.17, 15) is 14.4 Å². The number of rotatable bonds is 4. The van der Waals surface area contributed by atoms with Gasteiger partial charge < -0.3 is 10.6 Å². The number of nitrogens with two attached hydrogens (primary N) is 1. The largest absolute Gasteiger partial charge is 0.369 e. The van der Waals surface area contributed by atoms with E-state index >= 15 is 0 Å². The lowest BCUT2D eigenvalue weighted by atomic mass is 9.96. The van der Waals surface area contributed by atoms with Crippen LogP contribution in [0.2, 0.25) is 0 Å². The number of nitrogens with zero attached hydrogens (tertiary/aromatic N) is 3. The molecule has 1 fully saturated rings. The molecular weight excluding hydrogens is 284 g/mol. The number of piperidine rings is 1. The van der Waals surface area contributed by atoms with Gasteiger partial charge in [0.2, 0.25) is 5.91 Å². The van der Waals surface area contributed by atoms with Crippen LogP contribution >= 0.6 is 0 Å². The van der Waals surface area contributed by atoms with Gasteiger partial charge in [-0.3, -0.25) is 14.4 Å². The van der Waals surface area contributed by atoms with E-state index in [0.29, 0.717) is 32.5 Å². The molecule has 22 heavy (non-hydrogen) atoms. The molecule has 120 valence electrons. The summed E-state index contributed by atoms with van der Waals surface area (Å²) in [6.07, 6.45) is 1.15. The van der Waals surface area contributed by atoms with Crippen LogP contribution in [-0.2, 0) is 11.3 Å². The van der Waals surface area contributed by atoms with Crippen molar-refractivity contribution in [2.45, 2.75) is 33.2 Å². The Morgan fingerprint density at radius 3 is 2.50 bits per heavy atom. The average molecular weight is 306 g/mol. The smallest absolute Gasteiger partial charge is 0.274 e. The minimum atomic E-state index is -0.310. The third-order valence-electron chi connectivity index (χ3n) is 3.81. The first-order valence-corrected chi connectivity index (χ1v) is 7.55. The van der Waals surface area contributed by atoms with E-state index in [4.69, 9.17) is 5.73 Å². The predicted molar refractivity (Wildman–Crippen MR) is 81.2 cm³/mol. The summed E-state index contributed by atoms with van der Waals surface area (Å²) in [6, 6.07) is 2.83. The molecule has 0 bridgehead atoms. The molecule has 1 aromatic heterocycles. The fraction of sp³-hybridized carbons (Fsp3) is 0.600. The van der Waals surface area contributed by atoms with Gasteiger partial charge in [-0.25, -0.2) is 4.68 Å². The second-order valence-electron chi connectivity index (χ2n) is 6.10. The van der Waals surface area contributed by atoms with Crippen molar-refractivity contribution in [3.63, 3.8) is 0 Å². The summed E-state index contributed by atoms with van der Waals surface area (Å²) in [5, 5.41) is 4.16. The highest BCUT2D eigenvalue weighted by Gasteiger charge is 2.27. The molecule has 2 amide bonds. The Hall–Kier alpha value is -2.18. The molecule has 1 saturated heterocycles. The average Bonchev–Trinajstić information content (AvgIpc) is 2.48. The second-order valence-corrected chi connectivity index (χ2v) is 6.10. The summed E-state index contributed by atoms with van der Waals surface area (Å²) < 4.78 is 1.33. The minimum Gasteiger partial charge on any atom is -0.369 e. The number of hydrogen-bond donors (Lipinski definition) is 1. The summed E-state index contributed by atoms with van der Waals surface area (Å²) in [5.74, 6) is -0.412. The SMILES string of the molecule is CC(C)Cn1nc(C(=O)N2CCC(C(N)=O)CC2)ccc1=O. The zero-order valence-electron chi connectivity index (χ0n) is 13.0. The van der Waals surface area contributed by atoms with E-state index in [2.05, 4.69) is 5.10 Å². The predicted octanol–water partition coefficient (Wildman–Crippen LogP) is 0.237. The highest BCUT2D eigenvalue weighted by Crippen LogP contribution is 2.18. The molecule has 0 aromatic carbocycles. The highest BCUT2D eigenvalue weighted by atomic mass is 16.2. The maximum absolute atomic E-state index is 12.5. The van der Waals surface area contributed by atoms with Crippen molar-refractivity contribution >= 4 is 11.8 Å². The first-order chi connectivity index (χ1) is 10.4. The first-order valence-electron chi connectivity index (χ1n) is 7.55. The molecule has 7 heteroatoms. The van der Waals surface area contributed by atoms with Crippen molar-refractivity contribution in [3.05, 3.63) is 28.2 Å². The number of amides is 2. The molecule has 0 saturated carbocycles. The van der Waals surface area contributed by atoms with Gasteiger partial charge in [-0.1, -0.05) is 13.8 Å². The van der Waals surface area contributed by atoms with Crippen molar-refractivity contribution in [3.8, 4) is 0 Å². The van der Waals surface area contributed by atoms with Gasteiger partial charge in [-0.2, -0.15) is 5.10 Å². The number of hydrogen-bond acceptors (Lipinski definition) is 4. The minimum absolute atomic E-state index is 0.160. The summed E-state index contributed by atoms with van der Waals surface area (Å²) in [5.41, 5.74) is 5.34. The fourth-order valence-corrected chi connectivity index (χ4v) is 2.57. The van der Waals surface area contributed by atoms with Gasteiger partial charge in [0.1, 0.15) is 5.69 Å². The summed E-state index contributed by atoms with van der Waals surface area (Å²) in [7, 11) is 0. The highest BCUT2D eigenvalue weighted by molar-refractivity contribution is 5.92. The number of carbonyl (C=O) groups excluding carboxylic acids is 2. The van der Waals surface area contributed by atoms with Crippen molar-refractivity contribution in [1.82, 2.24) is 14.7 Å². The molecular formula is C15H22N4O3. The second kappa shape index (κ2) is 6.72. The van der Waals surface area contributed by atoms with Gasteiger partial charge in [0.25, 0.3) is 11.5 Å². The van der Waals surface area contributed by atoms with Gasteiger partial charge in [-0.05, 0) is 24.8 Å². The van der Waals surface area contributed by atoms with Crippen LogP contribution in [-0.4, -0.2) is 39.6 Å². The molecule has 2 rings (SSSR count). The number of aromatic nitrogens is 2. The fourth-order valence-electron chi connectivity index (χ4n) is 2.57. The molecule has 0 aliphatic carbocycles. The zero-order valence-corrected chi connectivity index (χ0v) is 13.0. The van der Waals surface area contributed by atoms with Crippen LogP contribution < -0.4 is 11.3 Å². The topological polar surface area (TPSA) is 98.3 Å². The normalized spacial score (nSPS) is 16.0. The van der Waals surface area contributed by atoms with Crippen LogP contribution in [0, 0.1) is 11.8 Å². The van der Waals surface area contributed by atoms with Crippen LogP contribution in [0.15, 0.2) is 16.9 Å². The van der Waals surface area contributed by atoms with Gasteiger partial charge >= 0.3 is 0 Å². The molecule has 0 spiro atoms. The Morgan fingerprint density at radius 2 is 1.95 bits per heavy atom.